The van der Waals surface area contributed by atoms with Gasteiger partial charge in [0.1, 0.15) is 12.3 Å². The average molecular weight is 347 g/mol. The molecule has 2 amide bonds. The Kier molecular flexibility index (Phi) is 6.21. The second kappa shape index (κ2) is 8.36. The molecule has 6 heteroatoms. The minimum absolute atomic E-state index is 0.0944. The van der Waals surface area contributed by atoms with Gasteiger partial charge in [-0.2, -0.15) is 0 Å². The van der Waals surface area contributed by atoms with Crippen molar-refractivity contribution in [2.24, 2.45) is 0 Å². The molecule has 2 aromatic carbocycles. The molecule has 2 rings (SSSR count). The Labute approximate surface area is 146 Å². The summed E-state index contributed by atoms with van der Waals surface area (Å²) in [6.45, 7) is 3.80. The van der Waals surface area contributed by atoms with Crippen molar-refractivity contribution in [3.8, 4) is 5.75 Å². The molecule has 2 aromatic rings. The predicted molar refractivity (Wildman–Crippen MR) is 95.7 cm³/mol. The molecular formula is C18H19ClN2O3. The Morgan fingerprint density at radius 2 is 1.88 bits per heavy atom. The van der Waals surface area contributed by atoms with Gasteiger partial charge in [0.15, 0.2) is 0 Å². The van der Waals surface area contributed by atoms with Crippen LogP contribution in [-0.4, -0.2) is 25.0 Å². The molecule has 126 valence electrons. The molecule has 0 heterocycles. The molecule has 0 aromatic heterocycles. The predicted octanol–water partition coefficient (Wildman–Crippen LogP) is 3.73. The number of nitrogens with zero attached hydrogens (tertiary/aromatic N) is 1. The number of carbonyl (C=O) groups excluding carboxylic acids is 2. The van der Waals surface area contributed by atoms with Crippen LogP contribution in [-0.2, 0) is 9.59 Å². The SMILES string of the molecule is CCOc1ccc(NC(=O)CN(C(C)=O)c2cccc(Cl)c2)cc1. The van der Waals surface area contributed by atoms with Gasteiger partial charge < -0.3 is 15.0 Å². The Morgan fingerprint density at radius 3 is 2.46 bits per heavy atom. The molecule has 0 unspecified atom stereocenters. The highest BCUT2D eigenvalue weighted by Gasteiger charge is 2.16. The van der Waals surface area contributed by atoms with E-state index >= 15 is 0 Å². The number of benzene rings is 2. The van der Waals surface area contributed by atoms with Gasteiger partial charge in [0, 0.05) is 23.3 Å². The number of halogens is 1. The van der Waals surface area contributed by atoms with E-state index < -0.39 is 0 Å². The number of rotatable bonds is 6. The van der Waals surface area contributed by atoms with Gasteiger partial charge in [-0.3, -0.25) is 9.59 Å². The molecule has 0 radical (unpaired) electrons. The van der Waals surface area contributed by atoms with Crippen molar-refractivity contribution in [2.45, 2.75) is 13.8 Å². The Bertz CT molecular complexity index is 716. The molecule has 0 saturated carbocycles. The quantitative estimate of drug-likeness (QED) is 0.867. The van der Waals surface area contributed by atoms with Gasteiger partial charge in [-0.05, 0) is 49.4 Å². The van der Waals surface area contributed by atoms with Crippen LogP contribution >= 0.6 is 11.6 Å². The fourth-order valence-electron chi connectivity index (χ4n) is 2.17. The molecule has 0 bridgehead atoms. The first-order valence-electron chi connectivity index (χ1n) is 7.56. The van der Waals surface area contributed by atoms with Crippen molar-refractivity contribution in [3.05, 3.63) is 53.6 Å². The van der Waals surface area contributed by atoms with E-state index in [1.807, 2.05) is 6.92 Å². The maximum Gasteiger partial charge on any atom is 0.244 e. The molecule has 0 atom stereocenters. The van der Waals surface area contributed by atoms with E-state index in [1.54, 1.807) is 48.5 Å². The number of ether oxygens (including phenoxy) is 1. The summed E-state index contributed by atoms with van der Waals surface area (Å²) in [6.07, 6.45) is 0. The summed E-state index contributed by atoms with van der Waals surface area (Å²) in [4.78, 5) is 25.4. The van der Waals surface area contributed by atoms with Crippen LogP contribution in [0.15, 0.2) is 48.5 Å². The molecule has 0 saturated heterocycles. The van der Waals surface area contributed by atoms with Crippen molar-refractivity contribution < 1.29 is 14.3 Å². The maximum absolute atomic E-state index is 12.2. The summed E-state index contributed by atoms with van der Waals surface area (Å²) in [7, 11) is 0. The van der Waals surface area contributed by atoms with Gasteiger partial charge in [-0.1, -0.05) is 17.7 Å². The lowest BCUT2D eigenvalue weighted by molar-refractivity contribution is -0.120. The van der Waals surface area contributed by atoms with E-state index in [0.717, 1.165) is 5.75 Å². The average Bonchev–Trinajstić information content (AvgIpc) is 2.54. The highest BCUT2D eigenvalue weighted by atomic mass is 35.5. The second-order valence-corrected chi connectivity index (χ2v) is 5.53. The molecular weight excluding hydrogens is 328 g/mol. The van der Waals surface area contributed by atoms with Crippen molar-refractivity contribution in [2.75, 3.05) is 23.4 Å². The van der Waals surface area contributed by atoms with Gasteiger partial charge in [0.2, 0.25) is 11.8 Å². The standard InChI is InChI=1S/C18H19ClN2O3/c1-3-24-17-9-7-15(8-10-17)20-18(23)12-21(13(2)22)16-6-4-5-14(19)11-16/h4-11H,3,12H2,1-2H3,(H,20,23). The molecule has 0 spiro atoms. The van der Waals surface area contributed by atoms with Gasteiger partial charge in [0.05, 0.1) is 6.61 Å². The minimum Gasteiger partial charge on any atom is -0.494 e. The van der Waals surface area contributed by atoms with E-state index in [-0.39, 0.29) is 18.4 Å². The van der Waals surface area contributed by atoms with Crippen LogP contribution in [0.4, 0.5) is 11.4 Å². The summed E-state index contributed by atoms with van der Waals surface area (Å²) in [5.74, 6) is 0.202. The van der Waals surface area contributed by atoms with Crippen LogP contribution in [0.1, 0.15) is 13.8 Å². The number of nitrogens with one attached hydrogen (secondary N) is 1. The molecule has 0 aliphatic heterocycles. The lowest BCUT2D eigenvalue weighted by Crippen LogP contribution is -2.36. The summed E-state index contributed by atoms with van der Waals surface area (Å²) < 4.78 is 5.35. The van der Waals surface area contributed by atoms with E-state index in [9.17, 15) is 9.59 Å². The summed E-state index contributed by atoms with van der Waals surface area (Å²) >= 11 is 5.95. The maximum atomic E-state index is 12.2. The van der Waals surface area contributed by atoms with Gasteiger partial charge in [-0.15, -0.1) is 0 Å². The summed E-state index contributed by atoms with van der Waals surface area (Å²) in [6, 6.07) is 13.9. The van der Waals surface area contributed by atoms with Crippen LogP contribution in [0.25, 0.3) is 0 Å². The van der Waals surface area contributed by atoms with Crippen LogP contribution < -0.4 is 15.0 Å². The van der Waals surface area contributed by atoms with Crippen LogP contribution in [0.3, 0.4) is 0 Å². The largest absolute Gasteiger partial charge is 0.494 e. The van der Waals surface area contributed by atoms with Crippen molar-refractivity contribution >= 4 is 34.8 Å². The highest BCUT2D eigenvalue weighted by molar-refractivity contribution is 6.31. The lowest BCUT2D eigenvalue weighted by atomic mass is 10.2. The van der Waals surface area contributed by atoms with E-state index in [2.05, 4.69) is 5.32 Å². The van der Waals surface area contributed by atoms with Crippen LogP contribution in [0.2, 0.25) is 5.02 Å². The van der Waals surface area contributed by atoms with E-state index in [0.29, 0.717) is 23.0 Å². The highest BCUT2D eigenvalue weighted by Crippen LogP contribution is 2.20. The molecule has 24 heavy (non-hydrogen) atoms. The van der Waals surface area contributed by atoms with Gasteiger partial charge in [0.25, 0.3) is 0 Å². The normalized spacial score (nSPS) is 10.1. The Balaban J connectivity index is 2.04. The lowest BCUT2D eigenvalue weighted by Gasteiger charge is -2.21. The van der Waals surface area contributed by atoms with E-state index in [1.165, 1.54) is 11.8 Å². The van der Waals surface area contributed by atoms with Crippen LogP contribution in [0.5, 0.6) is 5.75 Å². The monoisotopic (exact) mass is 346 g/mol. The second-order valence-electron chi connectivity index (χ2n) is 5.09. The third-order valence-corrected chi connectivity index (χ3v) is 3.49. The molecule has 0 aliphatic rings. The third kappa shape index (κ3) is 4.99. The zero-order valence-corrected chi connectivity index (χ0v) is 14.3. The molecule has 1 N–H and O–H groups in total. The first-order valence-corrected chi connectivity index (χ1v) is 7.93. The van der Waals surface area contributed by atoms with Crippen molar-refractivity contribution in [1.29, 1.82) is 0 Å². The molecule has 5 nitrogen and oxygen atoms in total. The first-order chi connectivity index (χ1) is 11.5. The van der Waals surface area contributed by atoms with Gasteiger partial charge >= 0.3 is 0 Å². The minimum atomic E-state index is -0.297. The zero-order valence-electron chi connectivity index (χ0n) is 13.6. The summed E-state index contributed by atoms with van der Waals surface area (Å²) in [5.41, 5.74) is 1.22. The topological polar surface area (TPSA) is 58.6 Å². The fourth-order valence-corrected chi connectivity index (χ4v) is 2.36. The smallest absolute Gasteiger partial charge is 0.244 e. The number of carbonyl (C=O) groups is 2. The van der Waals surface area contributed by atoms with Crippen LogP contribution in [0, 0.1) is 0 Å². The Hall–Kier alpha value is -2.53. The zero-order chi connectivity index (χ0) is 17.5. The van der Waals surface area contributed by atoms with Crippen molar-refractivity contribution in [1.82, 2.24) is 0 Å². The molecule has 0 fully saturated rings. The first kappa shape index (κ1) is 17.8. The Morgan fingerprint density at radius 1 is 1.17 bits per heavy atom. The number of hydrogen-bond acceptors (Lipinski definition) is 3. The number of amides is 2. The number of anilines is 2. The molecule has 0 aliphatic carbocycles. The van der Waals surface area contributed by atoms with Gasteiger partial charge in [-0.25, -0.2) is 0 Å². The fraction of sp³-hybridized carbons (Fsp3) is 0.222. The van der Waals surface area contributed by atoms with Crippen molar-refractivity contribution in [3.63, 3.8) is 0 Å². The number of hydrogen-bond donors (Lipinski definition) is 1. The summed E-state index contributed by atoms with van der Waals surface area (Å²) in [5, 5.41) is 3.26. The van der Waals surface area contributed by atoms with E-state index in [4.69, 9.17) is 16.3 Å². The third-order valence-electron chi connectivity index (χ3n) is 3.25.